The summed E-state index contributed by atoms with van der Waals surface area (Å²) in [4.78, 5) is 9.30. The van der Waals surface area contributed by atoms with Crippen LogP contribution in [0.5, 0.6) is 0 Å². The van der Waals surface area contributed by atoms with Crippen LogP contribution in [0.25, 0.3) is 0 Å². The van der Waals surface area contributed by atoms with E-state index in [4.69, 9.17) is 0 Å². The third kappa shape index (κ3) is 2.65. The van der Waals surface area contributed by atoms with Gasteiger partial charge in [-0.3, -0.25) is 10.1 Å². The molecule has 1 N–H and O–H groups in total. The number of hydrogen-bond acceptors (Lipinski definition) is 5. The van der Waals surface area contributed by atoms with E-state index in [1.807, 2.05) is 6.92 Å². The number of para-hydroxylation sites is 1. The van der Waals surface area contributed by atoms with E-state index in [1.165, 1.54) is 0 Å². The number of piperazine rings is 1. The molecule has 0 spiro atoms. The molecule has 0 aliphatic carbocycles. The summed E-state index contributed by atoms with van der Waals surface area (Å²) in [7, 11) is -4.08. The van der Waals surface area contributed by atoms with Crippen molar-refractivity contribution in [1.29, 1.82) is 0 Å². The maximum atomic E-state index is 13.5. The third-order valence-electron chi connectivity index (χ3n) is 3.08. The van der Waals surface area contributed by atoms with Crippen molar-refractivity contribution in [3.8, 4) is 0 Å². The molecule has 1 atom stereocenters. The Kier molecular flexibility index (Phi) is 4.02. The van der Waals surface area contributed by atoms with Crippen molar-refractivity contribution in [2.75, 3.05) is 19.6 Å². The molecule has 0 bridgehead atoms. The lowest BCUT2D eigenvalue weighted by Gasteiger charge is -2.30. The predicted molar refractivity (Wildman–Crippen MR) is 69.3 cm³/mol. The number of sulfonamides is 1. The Morgan fingerprint density at radius 2 is 2.20 bits per heavy atom. The number of nitrogens with zero attached hydrogens (tertiary/aromatic N) is 2. The topological polar surface area (TPSA) is 92.5 Å². The van der Waals surface area contributed by atoms with Crippen molar-refractivity contribution in [2.45, 2.75) is 17.9 Å². The second-order valence-corrected chi connectivity index (χ2v) is 6.47. The number of halogens is 1. The molecule has 1 aliphatic heterocycles. The van der Waals surface area contributed by atoms with Gasteiger partial charge in [-0.2, -0.15) is 8.70 Å². The van der Waals surface area contributed by atoms with Gasteiger partial charge in [-0.05, 0) is 19.1 Å². The van der Waals surface area contributed by atoms with E-state index in [0.717, 1.165) is 22.5 Å². The molecule has 0 aromatic heterocycles. The van der Waals surface area contributed by atoms with E-state index < -0.39 is 31.3 Å². The maximum Gasteiger partial charge on any atom is 0.324 e. The highest BCUT2D eigenvalue weighted by atomic mass is 32.2. The van der Waals surface area contributed by atoms with Crippen LogP contribution < -0.4 is 5.32 Å². The standard InChI is InChI=1S/C11H14FN3O4S/c1-8-7-14(6-5-13-8)20(18,19)10-4-2-3-9(12)11(10)15(16)17/h2-4,8,13H,5-7H2,1H3/t8-/m0/s1. The minimum absolute atomic E-state index is 0.0638. The van der Waals surface area contributed by atoms with Gasteiger partial charge in [0.05, 0.1) is 4.92 Å². The highest BCUT2D eigenvalue weighted by Gasteiger charge is 2.35. The van der Waals surface area contributed by atoms with Crippen LogP contribution >= 0.6 is 0 Å². The lowest BCUT2D eigenvalue weighted by Crippen LogP contribution is -2.51. The van der Waals surface area contributed by atoms with E-state index in [0.29, 0.717) is 6.54 Å². The normalized spacial score (nSPS) is 20.8. The first kappa shape index (κ1) is 14.8. The van der Waals surface area contributed by atoms with Crippen LogP contribution in [0.3, 0.4) is 0 Å². The molecule has 0 radical (unpaired) electrons. The summed E-state index contributed by atoms with van der Waals surface area (Å²) in [5, 5.41) is 14.0. The number of nitro groups is 1. The van der Waals surface area contributed by atoms with Gasteiger partial charge in [0.25, 0.3) is 0 Å². The molecule has 1 saturated heterocycles. The third-order valence-corrected chi connectivity index (χ3v) is 4.98. The van der Waals surface area contributed by atoms with Crippen LogP contribution in [0.1, 0.15) is 6.92 Å². The molecule has 0 saturated carbocycles. The minimum atomic E-state index is -4.08. The van der Waals surface area contributed by atoms with Crippen LogP contribution in [-0.2, 0) is 10.0 Å². The first-order chi connectivity index (χ1) is 9.34. The van der Waals surface area contributed by atoms with Crippen molar-refractivity contribution in [3.63, 3.8) is 0 Å². The second-order valence-electron chi connectivity index (χ2n) is 4.56. The monoisotopic (exact) mass is 303 g/mol. The van der Waals surface area contributed by atoms with Gasteiger partial charge in [-0.1, -0.05) is 6.07 Å². The smallest absolute Gasteiger partial charge is 0.312 e. The van der Waals surface area contributed by atoms with Gasteiger partial charge in [-0.25, -0.2) is 8.42 Å². The molecular formula is C11H14FN3O4S. The summed E-state index contributed by atoms with van der Waals surface area (Å²) in [6, 6.07) is 3.02. The van der Waals surface area contributed by atoms with E-state index in [1.54, 1.807) is 0 Å². The SMILES string of the molecule is C[C@H]1CN(S(=O)(=O)c2cccc(F)c2[N+](=O)[O-])CCN1. The van der Waals surface area contributed by atoms with Gasteiger partial charge >= 0.3 is 5.69 Å². The summed E-state index contributed by atoms with van der Waals surface area (Å²) in [6.07, 6.45) is 0. The fraction of sp³-hybridized carbons (Fsp3) is 0.455. The van der Waals surface area contributed by atoms with Gasteiger partial charge in [0, 0.05) is 25.7 Å². The fourth-order valence-electron chi connectivity index (χ4n) is 2.14. The Morgan fingerprint density at radius 1 is 1.50 bits per heavy atom. The molecule has 0 unspecified atom stereocenters. The van der Waals surface area contributed by atoms with Gasteiger partial charge in [-0.15, -0.1) is 0 Å². The molecular weight excluding hydrogens is 289 g/mol. The predicted octanol–water partition coefficient (Wildman–Crippen LogP) is 0.716. The van der Waals surface area contributed by atoms with E-state index in [2.05, 4.69) is 5.32 Å². The van der Waals surface area contributed by atoms with E-state index >= 15 is 0 Å². The number of nitro benzene ring substituents is 1. The van der Waals surface area contributed by atoms with Crippen molar-refractivity contribution in [3.05, 3.63) is 34.1 Å². The molecule has 7 nitrogen and oxygen atoms in total. The molecule has 110 valence electrons. The maximum absolute atomic E-state index is 13.5. The number of hydrogen-bond donors (Lipinski definition) is 1. The molecule has 0 amide bonds. The summed E-state index contributed by atoms with van der Waals surface area (Å²) in [5.74, 6) is -1.15. The van der Waals surface area contributed by atoms with E-state index in [9.17, 15) is 22.9 Å². The molecule has 1 aromatic carbocycles. The van der Waals surface area contributed by atoms with Gasteiger partial charge in [0.2, 0.25) is 15.8 Å². The zero-order chi connectivity index (χ0) is 14.9. The highest BCUT2D eigenvalue weighted by Crippen LogP contribution is 2.29. The molecule has 1 heterocycles. The van der Waals surface area contributed by atoms with Gasteiger partial charge < -0.3 is 5.32 Å². The first-order valence-corrected chi connectivity index (χ1v) is 7.44. The molecule has 1 aliphatic rings. The molecule has 1 aromatic rings. The van der Waals surface area contributed by atoms with Crippen LogP contribution in [-0.4, -0.2) is 43.3 Å². The summed E-state index contributed by atoms with van der Waals surface area (Å²) >= 11 is 0. The summed E-state index contributed by atoms with van der Waals surface area (Å²) in [5.41, 5.74) is -1.00. The van der Waals surface area contributed by atoms with Crippen molar-refractivity contribution in [1.82, 2.24) is 9.62 Å². The van der Waals surface area contributed by atoms with Crippen molar-refractivity contribution in [2.24, 2.45) is 0 Å². The second kappa shape index (κ2) is 5.43. The van der Waals surface area contributed by atoms with Crippen LogP contribution in [0, 0.1) is 15.9 Å². The Bertz CT molecular complexity index is 635. The number of nitrogens with one attached hydrogen (secondary N) is 1. The van der Waals surface area contributed by atoms with Crippen molar-refractivity contribution >= 4 is 15.7 Å². The Labute approximate surface area is 115 Å². The quantitative estimate of drug-likeness (QED) is 0.656. The van der Waals surface area contributed by atoms with Crippen molar-refractivity contribution < 1.29 is 17.7 Å². The average Bonchev–Trinajstić information content (AvgIpc) is 2.38. The largest absolute Gasteiger partial charge is 0.324 e. The highest BCUT2D eigenvalue weighted by molar-refractivity contribution is 7.89. The zero-order valence-corrected chi connectivity index (χ0v) is 11.6. The zero-order valence-electron chi connectivity index (χ0n) is 10.7. The average molecular weight is 303 g/mol. The lowest BCUT2D eigenvalue weighted by atomic mass is 10.3. The molecule has 1 fully saturated rings. The van der Waals surface area contributed by atoms with Crippen LogP contribution in [0.4, 0.5) is 10.1 Å². The number of rotatable bonds is 3. The number of benzene rings is 1. The minimum Gasteiger partial charge on any atom is -0.312 e. The van der Waals surface area contributed by atoms with E-state index in [-0.39, 0.29) is 19.1 Å². The summed E-state index contributed by atoms with van der Waals surface area (Å²) < 4.78 is 39.5. The molecule has 20 heavy (non-hydrogen) atoms. The summed E-state index contributed by atoms with van der Waals surface area (Å²) in [6.45, 7) is 2.64. The Morgan fingerprint density at radius 3 is 2.80 bits per heavy atom. The Hall–Kier alpha value is -1.58. The Balaban J connectivity index is 2.49. The molecule has 9 heteroatoms. The lowest BCUT2D eigenvalue weighted by molar-refractivity contribution is -0.390. The first-order valence-electron chi connectivity index (χ1n) is 6.00. The van der Waals surface area contributed by atoms with Gasteiger partial charge in [0.15, 0.2) is 4.90 Å². The van der Waals surface area contributed by atoms with Crippen LogP contribution in [0.15, 0.2) is 23.1 Å². The molecule has 2 rings (SSSR count). The fourth-order valence-corrected chi connectivity index (χ4v) is 3.83. The van der Waals surface area contributed by atoms with Gasteiger partial charge in [0.1, 0.15) is 0 Å². The van der Waals surface area contributed by atoms with Crippen LogP contribution in [0.2, 0.25) is 0 Å².